The van der Waals surface area contributed by atoms with Gasteiger partial charge in [0.1, 0.15) is 0 Å². The molecule has 1 aliphatic rings. The van der Waals surface area contributed by atoms with Gasteiger partial charge in [0.2, 0.25) is 0 Å². The molecule has 0 aliphatic carbocycles. The molecule has 1 N–H and O–H groups in total. The molecule has 0 bridgehead atoms. The van der Waals surface area contributed by atoms with Crippen molar-refractivity contribution < 1.29 is 9.90 Å². The third-order valence-electron chi connectivity index (χ3n) is 3.81. The number of rotatable bonds is 2. The van der Waals surface area contributed by atoms with Crippen LogP contribution in [-0.4, -0.2) is 27.1 Å². The highest BCUT2D eigenvalue weighted by molar-refractivity contribution is 5.85. The molecule has 0 amide bonds. The first-order valence-corrected chi connectivity index (χ1v) is 7.39. The first-order chi connectivity index (χ1) is 11.0. The fourth-order valence-electron chi connectivity index (χ4n) is 2.54. The number of hydrogen-bond donors (Lipinski definition) is 1. The van der Waals surface area contributed by atoms with Gasteiger partial charge in [0.05, 0.1) is 24.1 Å². The van der Waals surface area contributed by atoms with Gasteiger partial charge in [0.25, 0.3) is 0 Å². The predicted molar refractivity (Wildman–Crippen MR) is 88.8 cm³/mol. The number of hydrogen-bond acceptors (Lipinski definition) is 4. The van der Waals surface area contributed by atoms with Gasteiger partial charge in [-0.2, -0.15) is 10.2 Å². The number of carboxylic acids is 1. The highest BCUT2D eigenvalue weighted by Gasteiger charge is 2.18. The SMILES string of the molecule is C=C1C=NN(c2ccccc2C)Cc2cc(C(=O)O)nn2CC1. The lowest BCUT2D eigenvalue weighted by atomic mass is 10.2. The van der Waals surface area contributed by atoms with Gasteiger partial charge in [-0.1, -0.05) is 24.8 Å². The topological polar surface area (TPSA) is 70.7 Å². The molecule has 1 aliphatic heterocycles. The zero-order valence-corrected chi connectivity index (χ0v) is 12.9. The number of hydrazone groups is 1. The third kappa shape index (κ3) is 3.15. The molecule has 6 nitrogen and oxygen atoms in total. The van der Waals surface area contributed by atoms with Crippen LogP contribution in [0.4, 0.5) is 5.69 Å². The number of carbonyl (C=O) groups is 1. The minimum absolute atomic E-state index is 0.0555. The Bertz CT molecular complexity index is 792. The van der Waals surface area contributed by atoms with Crippen molar-refractivity contribution >= 4 is 17.9 Å². The lowest BCUT2D eigenvalue weighted by Crippen LogP contribution is -2.19. The normalized spacial score (nSPS) is 14.8. The average Bonchev–Trinajstić information content (AvgIpc) is 2.94. The van der Waals surface area contributed by atoms with Gasteiger partial charge < -0.3 is 5.11 Å². The summed E-state index contributed by atoms with van der Waals surface area (Å²) in [7, 11) is 0. The summed E-state index contributed by atoms with van der Waals surface area (Å²) in [5, 5.41) is 19.7. The molecule has 0 atom stereocenters. The summed E-state index contributed by atoms with van der Waals surface area (Å²) in [6.45, 7) is 7.06. The van der Waals surface area contributed by atoms with Crippen LogP contribution in [0.15, 0.2) is 47.6 Å². The molecule has 0 radical (unpaired) electrons. The number of para-hydroxylation sites is 1. The van der Waals surface area contributed by atoms with Crippen molar-refractivity contribution in [1.82, 2.24) is 9.78 Å². The summed E-state index contributed by atoms with van der Waals surface area (Å²) < 4.78 is 1.73. The Hall–Kier alpha value is -2.89. The number of carboxylic acid groups (broad SMARTS) is 1. The summed E-state index contributed by atoms with van der Waals surface area (Å²) in [6.07, 6.45) is 2.44. The lowest BCUT2D eigenvalue weighted by Gasteiger charge is -2.20. The molecule has 0 fully saturated rings. The molecule has 2 aromatic rings. The van der Waals surface area contributed by atoms with Crippen LogP contribution in [0, 0.1) is 6.92 Å². The zero-order valence-electron chi connectivity index (χ0n) is 12.9. The average molecular weight is 310 g/mol. The van der Waals surface area contributed by atoms with Crippen LogP contribution in [0.2, 0.25) is 0 Å². The van der Waals surface area contributed by atoms with E-state index < -0.39 is 5.97 Å². The highest BCUT2D eigenvalue weighted by atomic mass is 16.4. The highest BCUT2D eigenvalue weighted by Crippen LogP contribution is 2.23. The van der Waals surface area contributed by atoms with E-state index in [1.165, 1.54) is 0 Å². The summed E-state index contributed by atoms with van der Waals surface area (Å²) in [5.41, 5.74) is 3.82. The lowest BCUT2D eigenvalue weighted by molar-refractivity contribution is 0.0689. The van der Waals surface area contributed by atoms with Crippen LogP contribution in [0.1, 0.15) is 28.2 Å². The van der Waals surface area contributed by atoms with Gasteiger partial charge >= 0.3 is 5.97 Å². The molecule has 118 valence electrons. The zero-order chi connectivity index (χ0) is 16.4. The standard InChI is InChI=1S/C17H18N4O2/c1-12-7-8-20-14(9-15(19-20)17(22)23)11-21(18-10-12)16-6-4-3-5-13(16)2/h3-6,9-10H,1,7-8,11H2,2H3,(H,22,23). The molecular formula is C17H18N4O2. The largest absolute Gasteiger partial charge is 0.476 e. The first-order valence-electron chi connectivity index (χ1n) is 7.39. The van der Waals surface area contributed by atoms with Crippen molar-refractivity contribution in [2.75, 3.05) is 5.01 Å². The molecule has 6 heteroatoms. The van der Waals surface area contributed by atoms with Gasteiger partial charge in [0.15, 0.2) is 5.69 Å². The minimum atomic E-state index is -1.02. The molecule has 0 spiro atoms. The minimum Gasteiger partial charge on any atom is -0.476 e. The molecule has 0 saturated carbocycles. The molecule has 2 heterocycles. The third-order valence-corrected chi connectivity index (χ3v) is 3.81. The number of fused-ring (bicyclic) bond motifs is 1. The van der Waals surface area contributed by atoms with Crippen LogP contribution < -0.4 is 5.01 Å². The van der Waals surface area contributed by atoms with Crippen molar-refractivity contribution in [3.8, 4) is 0 Å². The summed E-state index contributed by atoms with van der Waals surface area (Å²) in [4.78, 5) is 11.2. The fraction of sp³-hybridized carbons (Fsp3) is 0.235. The van der Waals surface area contributed by atoms with E-state index in [1.54, 1.807) is 17.0 Å². The molecule has 23 heavy (non-hydrogen) atoms. The van der Waals surface area contributed by atoms with Crippen molar-refractivity contribution in [3.63, 3.8) is 0 Å². The molecular weight excluding hydrogens is 292 g/mol. The molecule has 1 aromatic heterocycles. The van der Waals surface area contributed by atoms with E-state index in [0.717, 1.165) is 22.5 Å². The van der Waals surface area contributed by atoms with Crippen LogP contribution in [0.3, 0.4) is 0 Å². The van der Waals surface area contributed by atoms with Gasteiger partial charge in [-0.3, -0.25) is 9.69 Å². The van der Waals surface area contributed by atoms with E-state index in [1.807, 2.05) is 36.2 Å². The second kappa shape index (κ2) is 6.08. The number of allylic oxidation sites excluding steroid dienone is 1. The monoisotopic (exact) mass is 310 g/mol. The number of aromatic carboxylic acids is 1. The van der Waals surface area contributed by atoms with Crippen molar-refractivity contribution in [2.45, 2.75) is 26.4 Å². The van der Waals surface area contributed by atoms with E-state index in [4.69, 9.17) is 0 Å². The smallest absolute Gasteiger partial charge is 0.356 e. The Kier molecular flexibility index (Phi) is 3.97. The Labute approximate surface area is 134 Å². The summed E-state index contributed by atoms with van der Waals surface area (Å²) in [5.74, 6) is -1.02. The Morgan fingerprint density at radius 3 is 2.87 bits per heavy atom. The van der Waals surface area contributed by atoms with Crippen molar-refractivity contribution in [1.29, 1.82) is 0 Å². The van der Waals surface area contributed by atoms with E-state index in [9.17, 15) is 9.90 Å². The van der Waals surface area contributed by atoms with Gasteiger partial charge in [-0.25, -0.2) is 4.79 Å². The number of nitrogens with zero attached hydrogens (tertiary/aromatic N) is 4. The Morgan fingerprint density at radius 1 is 1.35 bits per heavy atom. The first kappa shape index (κ1) is 15.0. The molecule has 0 saturated heterocycles. The van der Waals surface area contributed by atoms with Crippen molar-refractivity contribution in [2.24, 2.45) is 5.10 Å². The van der Waals surface area contributed by atoms with Gasteiger partial charge in [0, 0.05) is 6.54 Å². The van der Waals surface area contributed by atoms with Gasteiger partial charge in [-0.15, -0.1) is 0 Å². The van der Waals surface area contributed by atoms with Crippen LogP contribution in [-0.2, 0) is 13.1 Å². The van der Waals surface area contributed by atoms with E-state index >= 15 is 0 Å². The quantitative estimate of drug-likeness (QED) is 0.926. The maximum absolute atomic E-state index is 11.2. The Morgan fingerprint density at radius 2 is 2.13 bits per heavy atom. The number of aromatic nitrogens is 2. The fourth-order valence-corrected chi connectivity index (χ4v) is 2.54. The second-order valence-electron chi connectivity index (χ2n) is 5.55. The van der Waals surface area contributed by atoms with Crippen LogP contribution in [0.25, 0.3) is 0 Å². The van der Waals surface area contributed by atoms with Crippen molar-refractivity contribution in [3.05, 3.63) is 59.4 Å². The van der Waals surface area contributed by atoms with Crippen LogP contribution in [0.5, 0.6) is 0 Å². The van der Waals surface area contributed by atoms with E-state index in [2.05, 4.69) is 16.8 Å². The predicted octanol–water partition coefficient (Wildman–Crippen LogP) is 2.84. The summed E-state index contributed by atoms with van der Waals surface area (Å²) in [6, 6.07) is 9.56. The van der Waals surface area contributed by atoms with Crippen LogP contribution >= 0.6 is 0 Å². The number of benzene rings is 1. The van der Waals surface area contributed by atoms with E-state index in [-0.39, 0.29) is 5.69 Å². The second-order valence-corrected chi connectivity index (χ2v) is 5.55. The number of anilines is 1. The van der Waals surface area contributed by atoms with Gasteiger partial charge in [-0.05, 0) is 36.6 Å². The molecule has 3 rings (SSSR count). The number of aryl methyl sites for hydroxylation is 2. The molecule has 0 unspecified atom stereocenters. The maximum Gasteiger partial charge on any atom is 0.356 e. The Balaban J connectivity index is 2.04. The molecule has 1 aromatic carbocycles. The summed E-state index contributed by atoms with van der Waals surface area (Å²) >= 11 is 0. The maximum atomic E-state index is 11.2. The van der Waals surface area contributed by atoms with E-state index in [0.29, 0.717) is 19.5 Å².